The van der Waals surface area contributed by atoms with Gasteiger partial charge in [0.25, 0.3) is 0 Å². The quantitative estimate of drug-likeness (QED) is 0.388. The maximum atomic E-state index is 12.1. The average molecular weight is 412 g/mol. The van der Waals surface area contributed by atoms with Crippen LogP contribution in [0.1, 0.15) is 40.0 Å². The molecule has 9 atom stereocenters. The number of aliphatic hydroxyl groups excluding tert-OH is 4. The standard InChI is InChI=1S/C21H32O8/c1-10-4-6-13-12(3)20(26)27-15(13)8-11(2)14(7-5-10)28-21-19(25)18(24)17(23)16(9-22)29-21/h5,8,12-19,21-25H,4,6-7,9H2,1-3H3/b10-5-,11-8+/t12-,13-,14-,15-,16+,17+,18-,19+,21+/m0/s1. The highest BCUT2D eigenvalue weighted by Crippen LogP contribution is 2.36. The Kier molecular flexibility index (Phi) is 7.14. The molecule has 2 aliphatic heterocycles. The fourth-order valence-corrected chi connectivity index (χ4v) is 4.22. The van der Waals surface area contributed by atoms with Crippen molar-refractivity contribution in [2.24, 2.45) is 11.8 Å². The molecule has 29 heavy (non-hydrogen) atoms. The highest BCUT2D eigenvalue weighted by Gasteiger charge is 2.45. The summed E-state index contributed by atoms with van der Waals surface area (Å²) in [6.07, 6.45) is -1.25. The van der Waals surface area contributed by atoms with E-state index in [0.717, 1.165) is 18.4 Å². The van der Waals surface area contributed by atoms with Gasteiger partial charge in [0.1, 0.15) is 30.5 Å². The van der Waals surface area contributed by atoms with Gasteiger partial charge >= 0.3 is 5.97 Å². The second-order valence-corrected chi connectivity index (χ2v) is 8.41. The van der Waals surface area contributed by atoms with Gasteiger partial charge in [0.2, 0.25) is 0 Å². The number of carbonyl (C=O) groups excluding carboxylic acids is 1. The van der Waals surface area contributed by atoms with Gasteiger partial charge in [0.05, 0.1) is 18.6 Å². The smallest absolute Gasteiger partial charge is 0.309 e. The van der Waals surface area contributed by atoms with Crippen molar-refractivity contribution in [3.8, 4) is 0 Å². The van der Waals surface area contributed by atoms with Gasteiger partial charge < -0.3 is 34.6 Å². The Bertz CT molecular complexity index is 657. The first-order valence-corrected chi connectivity index (χ1v) is 10.2. The molecular weight excluding hydrogens is 380 g/mol. The van der Waals surface area contributed by atoms with Crippen molar-refractivity contribution >= 4 is 5.97 Å². The molecule has 0 bridgehead atoms. The monoisotopic (exact) mass is 412 g/mol. The summed E-state index contributed by atoms with van der Waals surface area (Å²) in [6.45, 7) is 5.28. The van der Waals surface area contributed by atoms with Gasteiger partial charge in [0.15, 0.2) is 6.29 Å². The lowest BCUT2D eigenvalue weighted by Gasteiger charge is -2.41. The van der Waals surface area contributed by atoms with E-state index >= 15 is 0 Å². The van der Waals surface area contributed by atoms with Crippen LogP contribution in [0.15, 0.2) is 23.3 Å². The highest BCUT2D eigenvalue weighted by atomic mass is 16.7. The van der Waals surface area contributed by atoms with Crippen molar-refractivity contribution < 1.29 is 39.4 Å². The van der Waals surface area contributed by atoms with Crippen LogP contribution in [0.3, 0.4) is 0 Å². The molecule has 0 aromatic rings. The summed E-state index contributed by atoms with van der Waals surface area (Å²) in [4.78, 5) is 12.1. The molecule has 8 heteroatoms. The first-order valence-electron chi connectivity index (χ1n) is 10.2. The topological polar surface area (TPSA) is 126 Å². The molecule has 2 heterocycles. The van der Waals surface area contributed by atoms with Crippen LogP contribution in [0.5, 0.6) is 0 Å². The molecule has 3 rings (SSSR count). The van der Waals surface area contributed by atoms with Gasteiger partial charge in [-0.15, -0.1) is 0 Å². The second-order valence-electron chi connectivity index (χ2n) is 8.41. The van der Waals surface area contributed by atoms with Gasteiger partial charge in [-0.3, -0.25) is 4.79 Å². The van der Waals surface area contributed by atoms with E-state index in [2.05, 4.69) is 6.08 Å². The van der Waals surface area contributed by atoms with Crippen LogP contribution in [0.2, 0.25) is 0 Å². The zero-order chi connectivity index (χ0) is 21.3. The van der Waals surface area contributed by atoms with E-state index in [1.165, 1.54) is 5.57 Å². The Morgan fingerprint density at radius 2 is 1.90 bits per heavy atom. The Hall–Kier alpha value is -1.29. The molecule has 2 saturated heterocycles. The van der Waals surface area contributed by atoms with Crippen LogP contribution in [0, 0.1) is 11.8 Å². The predicted molar refractivity (Wildman–Crippen MR) is 103 cm³/mol. The normalized spacial score (nSPS) is 47.4. The Labute approximate surface area is 170 Å². The number of allylic oxidation sites excluding steroid dienone is 1. The summed E-state index contributed by atoms with van der Waals surface area (Å²) in [5, 5.41) is 39.6. The van der Waals surface area contributed by atoms with E-state index < -0.39 is 43.4 Å². The summed E-state index contributed by atoms with van der Waals surface area (Å²) < 4.78 is 17.0. The van der Waals surface area contributed by atoms with Gasteiger partial charge in [-0.1, -0.05) is 18.6 Å². The lowest BCUT2D eigenvalue weighted by Crippen LogP contribution is -2.59. The van der Waals surface area contributed by atoms with Crippen LogP contribution in [0.4, 0.5) is 0 Å². The molecule has 4 N–H and O–H groups in total. The molecule has 0 aromatic heterocycles. The summed E-state index contributed by atoms with van der Waals surface area (Å²) in [6, 6.07) is 0. The van der Waals surface area contributed by atoms with Crippen LogP contribution in [-0.2, 0) is 19.0 Å². The fourth-order valence-electron chi connectivity index (χ4n) is 4.22. The van der Waals surface area contributed by atoms with Crippen molar-refractivity contribution in [2.45, 2.75) is 82.9 Å². The third-order valence-corrected chi connectivity index (χ3v) is 6.32. The SMILES string of the molecule is C/C1=C/C[C@H](O[C@@H]2O[C@H](CO)[C@@H](O)[C@H](O)[C@H]2O)/C(C)=C/[C@@H]2OC(=O)[C@@H](C)[C@@H]2CC1. The minimum Gasteiger partial charge on any atom is -0.458 e. The number of carbonyl (C=O) groups is 1. The van der Waals surface area contributed by atoms with E-state index in [0.29, 0.717) is 6.42 Å². The van der Waals surface area contributed by atoms with Crippen LogP contribution >= 0.6 is 0 Å². The van der Waals surface area contributed by atoms with E-state index in [1.54, 1.807) is 0 Å². The third kappa shape index (κ3) is 4.73. The number of esters is 1. The number of rotatable bonds is 3. The number of ether oxygens (including phenoxy) is 3. The minimum absolute atomic E-state index is 0.0896. The summed E-state index contributed by atoms with van der Waals surface area (Å²) in [5.41, 5.74) is 2.00. The molecule has 0 spiro atoms. The highest BCUT2D eigenvalue weighted by molar-refractivity contribution is 5.75. The van der Waals surface area contributed by atoms with E-state index in [4.69, 9.17) is 14.2 Å². The van der Waals surface area contributed by atoms with Gasteiger partial charge in [0, 0.05) is 5.92 Å². The van der Waals surface area contributed by atoms with Gasteiger partial charge in [-0.2, -0.15) is 0 Å². The summed E-state index contributed by atoms with van der Waals surface area (Å²) in [5.74, 6) is -0.274. The minimum atomic E-state index is -1.49. The molecule has 0 saturated carbocycles. The Morgan fingerprint density at radius 1 is 1.17 bits per heavy atom. The van der Waals surface area contributed by atoms with Crippen LogP contribution in [0.25, 0.3) is 0 Å². The molecule has 0 radical (unpaired) electrons. The zero-order valence-electron chi connectivity index (χ0n) is 17.1. The average Bonchev–Trinajstić information content (AvgIpc) is 2.95. The number of aliphatic hydroxyl groups is 4. The van der Waals surface area contributed by atoms with Crippen molar-refractivity contribution in [1.29, 1.82) is 0 Å². The molecule has 3 aliphatic rings. The molecule has 2 fully saturated rings. The lowest BCUT2D eigenvalue weighted by molar-refractivity contribution is -0.308. The van der Waals surface area contributed by atoms with Crippen molar-refractivity contribution in [2.75, 3.05) is 6.61 Å². The molecule has 0 amide bonds. The van der Waals surface area contributed by atoms with Crippen molar-refractivity contribution in [3.63, 3.8) is 0 Å². The van der Waals surface area contributed by atoms with E-state index in [1.807, 2.05) is 26.8 Å². The molecule has 0 aromatic carbocycles. The molecule has 164 valence electrons. The lowest BCUT2D eigenvalue weighted by atomic mass is 9.84. The third-order valence-electron chi connectivity index (χ3n) is 6.32. The second kappa shape index (κ2) is 9.24. The van der Waals surface area contributed by atoms with Crippen molar-refractivity contribution in [1.82, 2.24) is 0 Å². The molecule has 0 unspecified atom stereocenters. The molecule has 1 aliphatic carbocycles. The number of hydrogen-bond acceptors (Lipinski definition) is 8. The zero-order valence-corrected chi connectivity index (χ0v) is 17.1. The summed E-state index contributed by atoms with van der Waals surface area (Å²) in [7, 11) is 0. The maximum Gasteiger partial charge on any atom is 0.309 e. The summed E-state index contributed by atoms with van der Waals surface area (Å²) >= 11 is 0. The van der Waals surface area contributed by atoms with Crippen LogP contribution in [-0.4, -0.2) is 75.9 Å². The largest absolute Gasteiger partial charge is 0.458 e. The first-order chi connectivity index (χ1) is 13.7. The maximum absolute atomic E-state index is 12.1. The number of hydrogen-bond donors (Lipinski definition) is 4. The van der Waals surface area contributed by atoms with Crippen LogP contribution < -0.4 is 0 Å². The molecular formula is C21H32O8. The van der Waals surface area contributed by atoms with Gasteiger partial charge in [-0.05, 0) is 44.8 Å². The number of fused-ring (bicyclic) bond motifs is 1. The van der Waals surface area contributed by atoms with E-state index in [-0.39, 0.29) is 23.9 Å². The van der Waals surface area contributed by atoms with Crippen molar-refractivity contribution in [3.05, 3.63) is 23.3 Å². The van der Waals surface area contributed by atoms with Gasteiger partial charge in [-0.25, -0.2) is 0 Å². The Morgan fingerprint density at radius 3 is 2.59 bits per heavy atom. The molecule has 8 nitrogen and oxygen atoms in total. The Balaban J connectivity index is 1.82. The predicted octanol–water partition coefficient (Wildman–Crippen LogP) is 0.426. The fraction of sp³-hybridized carbons (Fsp3) is 0.762. The van der Waals surface area contributed by atoms with E-state index in [9.17, 15) is 25.2 Å². The first kappa shape index (κ1) is 22.4.